The summed E-state index contributed by atoms with van der Waals surface area (Å²) in [6.45, 7) is 7.25. The molecule has 1 heterocycles. The summed E-state index contributed by atoms with van der Waals surface area (Å²) in [5.41, 5.74) is 4.82. The van der Waals surface area contributed by atoms with Gasteiger partial charge in [0.25, 0.3) is 0 Å². The van der Waals surface area contributed by atoms with Gasteiger partial charge in [-0.3, -0.25) is 4.79 Å². The first-order chi connectivity index (χ1) is 13.4. The van der Waals surface area contributed by atoms with Gasteiger partial charge in [-0.15, -0.1) is 0 Å². The zero-order valence-corrected chi connectivity index (χ0v) is 17.0. The Morgan fingerprint density at radius 1 is 0.964 bits per heavy atom. The predicted molar refractivity (Wildman–Crippen MR) is 114 cm³/mol. The van der Waals surface area contributed by atoms with Crippen molar-refractivity contribution in [3.05, 3.63) is 83.7 Å². The summed E-state index contributed by atoms with van der Waals surface area (Å²) in [5.74, 6) is 0.0929. The maximum absolute atomic E-state index is 12.1. The molecule has 1 aromatic heterocycles. The van der Waals surface area contributed by atoms with E-state index in [-0.39, 0.29) is 11.3 Å². The molecule has 0 aliphatic rings. The third-order valence-corrected chi connectivity index (χ3v) is 4.85. The summed E-state index contributed by atoms with van der Waals surface area (Å²) < 4.78 is 1.86. The van der Waals surface area contributed by atoms with Crippen molar-refractivity contribution in [1.82, 2.24) is 15.1 Å². The SMILES string of the molecule is CC(C)(C)c1ccc(CCC(=O)NCCc2cnn(-c3ccccc3)c2)cc1. The topological polar surface area (TPSA) is 46.9 Å². The van der Waals surface area contributed by atoms with Gasteiger partial charge >= 0.3 is 0 Å². The van der Waals surface area contributed by atoms with Crippen molar-refractivity contribution in [1.29, 1.82) is 0 Å². The molecule has 0 saturated heterocycles. The van der Waals surface area contributed by atoms with E-state index >= 15 is 0 Å². The monoisotopic (exact) mass is 375 g/mol. The van der Waals surface area contributed by atoms with Crippen LogP contribution in [-0.2, 0) is 23.1 Å². The van der Waals surface area contributed by atoms with Gasteiger partial charge in [0.2, 0.25) is 5.91 Å². The average Bonchev–Trinajstić information content (AvgIpc) is 3.16. The Bertz CT molecular complexity index is 890. The lowest BCUT2D eigenvalue weighted by atomic mass is 9.86. The molecule has 0 spiro atoms. The van der Waals surface area contributed by atoms with Gasteiger partial charge < -0.3 is 5.32 Å². The van der Waals surface area contributed by atoms with Crippen molar-refractivity contribution in [2.24, 2.45) is 0 Å². The van der Waals surface area contributed by atoms with Crippen LogP contribution in [0.2, 0.25) is 0 Å². The van der Waals surface area contributed by atoms with Crippen LogP contribution in [0.25, 0.3) is 5.69 Å². The number of nitrogens with zero attached hydrogens (tertiary/aromatic N) is 2. The number of aromatic nitrogens is 2. The van der Waals surface area contributed by atoms with Crippen LogP contribution >= 0.6 is 0 Å². The molecule has 146 valence electrons. The fourth-order valence-corrected chi connectivity index (χ4v) is 3.08. The molecule has 0 bridgehead atoms. The summed E-state index contributed by atoms with van der Waals surface area (Å²) in [7, 11) is 0. The summed E-state index contributed by atoms with van der Waals surface area (Å²) in [6, 6.07) is 18.6. The molecule has 1 amide bonds. The molecule has 0 saturated carbocycles. The quantitative estimate of drug-likeness (QED) is 0.663. The normalized spacial score (nSPS) is 11.4. The van der Waals surface area contributed by atoms with Crippen LogP contribution in [0.4, 0.5) is 0 Å². The van der Waals surface area contributed by atoms with Gasteiger partial charge in [-0.1, -0.05) is 63.2 Å². The molecule has 4 heteroatoms. The Hall–Kier alpha value is -2.88. The molecule has 0 unspecified atom stereocenters. The minimum absolute atomic E-state index is 0.0929. The molecule has 3 aromatic rings. The number of nitrogens with one attached hydrogen (secondary N) is 1. The van der Waals surface area contributed by atoms with Crippen molar-refractivity contribution in [2.45, 2.75) is 45.4 Å². The van der Waals surface area contributed by atoms with E-state index in [2.05, 4.69) is 55.5 Å². The van der Waals surface area contributed by atoms with E-state index < -0.39 is 0 Å². The van der Waals surface area contributed by atoms with E-state index in [0.717, 1.165) is 24.1 Å². The van der Waals surface area contributed by atoms with Crippen LogP contribution in [0.3, 0.4) is 0 Å². The molecule has 1 N–H and O–H groups in total. The third-order valence-electron chi connectivity index (χ3n) is 4.85. The van der Waals surface area contributed by atoms with E-state index in [4.69, 9.17) is 0 Å². The molecule has 4 nitrogen and oxygen atoms in total. The highest BCUT2D eigenvalue weighted by atomic mass is 16.1. The molecule has 0 fully saturated rings. The number of amides is 1. The van der Waals surface area contributed by atoms with E-state index in [9.17, 15) is 4.79 Å². The molecule has 3 rings (SSSR count). The Kier molecular flexibility index (Phi) is 6.30. The zero-order chi connectivity index (χ0) is 20.0. The van der Waals surface area contributed by atoms with E-state index in [1.54, 1.807) is 0 Å². The van der Waals surface area contributed by atoms with Crippen LogP contribution in [0.1, 0.15) is 43.9 Å². The van der Waals surface area contributed by atoms with Gasteiger partial charge in [0.15, 0.2) is 0 Å². The first kappa shape index (κ1) is 19.9. The fourth-order valence-electron chi connectivity index (χ4n) is 3.08. The Labute approximate surface area is 167 Å². The van der Waals surface area contributed by atoms with Crippen molar-refractivity contribution in [3.8, 4) is 5.69 Å². The fraction of sp³-hybridized carbons (Fsp3) is 0.333. The number of hydrogen-bond acceptors (Lipinski definition) is 2. The molecule has 0 atom stereocenters. The maximum Gasteiger partial charge on any atom is 0.220 e. The molecular formula is C24H29N3O. The number of carbonyl (C=O) groups is 1. The van der Waals surface area contributed by atoms with Gasteiger partial charge in [0, 0.05) is 19.2 Å². The smallest absolute Gasteiger partial charge is 0.220 e. The standard InChI is InChI=1S/C24H29N3O/c1-24(2,3)21-12-9-19(10-13-21)11-14-23(28)25-16-15-20-17-26-27(18-20)22-7-5-4-6-8-22/h4-10,12-13,17-18H,11,14-16H2,1-3H3,(H,25,28). The highest BCUT2D eigenvalue weighted by Crippen LogP contribution is 2.22. The van der Waals surface area contributed by atoms with E-state index in [1.165, 1.54) is 11.1 Å². The lowest BCUT2D eigenvalue weighted by Crippen LogP contribution is -2.25. The number of rotatable bonds is 7. The van der Waals surface area contributed by atoms with Crippen LogP contribution in [0, 0.1) is 0 Å². The second-order valence-electron chi connectivity index (χ2n) is 8.18. The molecule has 28 heavy (non-hydrogen) atoms. The summed E-state index contributed by atoms with van der Waals surface area (Å²) in [4.78, 5) is 12.1. The van der Waals surface area contributed by atoms with Crippen LogP contribution in [-0.4, -0.2) is 22.2 Å². The number of carbonyl (C=O) groups excluding carboxylic acids is 1. The Morgan fingerprint density at radius 3 is 2.36 bits per heavy atom. The van der Waals surface area contributed by atoms with Crippen LogP contribution in [0.15, 0.2) is 67.0 Å². The molecular weight excluding hydrogens is 346 g/mol. The molecule has 0 radical (unpaired) electrons. The van der Waals surface area contributed by atoms with Crippen LogP contribution < -0.4 is 5.32 Å². The van der Waals surface area contributed by atoms with E-state index in [1.807, 2.05) is 47.4 Å². The highest BCUT2D eigenvalue weighted by Gasteiger charge is 2.13. The highest BCUT2D eigenvalue weighted by molar-refractivity contribution is 5.76. The molecule has 0 aliphatic heterocycles. The van der Waals surface area contributed by atoms with Gasteiger partial charge in [-0.05, 0) is 47.1 Å². The largest absolute Gasteiger partial charge is 0.356 e. The molecule has 0 aliphatic carbocycles. The number of benzene rings is 2. The summed E-state index contributed by atoms with van der Waals surface area (Å²) in [6.07, 6.45) is 5.92. The average molecular weight is 376 g/mol. The summed E-state index contributed by atoms with van der Waals surface area (Å²) >= 11 is 0. The van der Waals surface area contributed by atoms with Crippen LogP contribution in [0.5, 0.6) is 0 Å². The van der Waals surface area contributed by atoms with Crippen molar-refractivity contribution in [2.75, 3.05) is 6.54 Å². The van der Waals surface area contributed by atoms with Gasteiger partial charge in [0.05, 0.1) is 11.9 Å². The number of aryl methyl sites for hydroxylation is 1. The van der Waals surface area contributed by atoms with Gasteiger partial charge in [-0.2, -0.15) is 5.10 Å². The lowest BCUT2D eigenvalue weighted by Gasteiger charge is -2.19. The first-order valence-corrected chi connectivity index (χ1v) is 9.87. The Balaban J connectivity index is 1.41. The van der Waals surface area contributed by atoms with E-state index in [0.29, 0.717) is 13.0 Å². The lowest BCUT2D eigenvalue weighted by molar-refractivity contribution is -0.121. The minimum Gasteiger partial charge on any atom is -0.356 e. The Morgan fingerprint density at radius 2 is 1.68 bits per heavy atom. The zero-order valence-electron chi connectivity index (χ0n) is 17.0. The van der Waals surface area contributed by atoms with Crippen molar-refractivity contribution < 1.29 is 4.79 Å². The maximum atomic E-state index is 12.1. The first-order valence-electron chi connectivity index (χ1n) is 9.87. The third kappa shape index (κ3) is 5.56. The number of para-hydroxylation sites is 1. The van der Waals surface area contributed by atoms with Gasteiger partial charge in [-0.25, -0.2) is 4.68 Å². The summed E-state index contributed by atoms with van der Waals surface area (Å²) in [5, 5.41) is 7.40. The van der Waals surface area contributed by atoms with Crippen molar-refractivity contribution >= 4 is 5.91 Å². The number of hydrogen-bond donors (Lipinski definition) is 1. The second-order valence-corrected chi connectivity index (χ2v) is 8.18. The second kappa shape index (κ2) is 8.87. The van der Waals surface area contributed by atoms with Crippen molar-refractivity contribution in [3.63, 3.8) is 0 Å². The predicted octanol–water partition coefficient (Wildman–Crippen LogP) is 4.46. The molecule has 2 aromatic carbocycles. The minimum atomic E-state index is 0.0929. The van der Waals surface area contributed by atoms with Gasteiger partial charge in [0.1, 0.15) is 0 Å².